The molecule has 0 fully saturated rings. The van der Waals surface area contributed by atoms with Crippen molar-refractivity contribution < 1.29 is 14.6 Å². The lowest BCUT2D eigenvalue weighted by Crippen LogP contribution is -1.92. The Bertz CT molecular complexity index is 433. The average molecular weight is 234 g/mol. The highest BCUT2D eigenvalue weighted by molar-refractivity contribution is 5.67. The van der Waals surface area contributed by atoms with Gasteiger partial charge < -0.3 is 9.84 Å². The Kier molecular flexibility index (Phi) is 4.76. The summed E-state index contributed by atoms with van der Waals surface area (Å²) in [5.74, 6) is 0.113. The van der Waals surface area contributed by atoms with Gasteiger partial charge in [-0.3, -0.25) is 4.79 Å². The van der Waals surface area contributed by atoms with Crippen LogP contribution >= 0.6 is 0 Å². The average Bonchev–Trinajstić information content (AvgIpc) is 2.28. The van der Waals surface area contributed by atoms with E-state index in [1.807, 2.05) is 38.1 Å². The molecule has 0 radical (unpaired) electrons. The largest absolute Gasteiger partial charge is 0.496 e. The molecule has 1 rings (SSSR count). The quantitative estimate of drug-likeness (QED) is 0.851. The molecule has 0 saturated carbocycles. The molecule has 0 aliphatic rings. The van der Waals surface area contributed by atoms with Crippen LogP contribution in [0.4, 0.5) is 0 Å². The molecule has 3 heteroatoms. The lowest BCUT2D eigenvalue weighted by Gasteiger charge is -2.08. The van der Waals surface area contributed by atoms with Crippen LogP contribution in [0.3, 0.4) is 0 Å². The Morgan fingerprint density at radius 2 is 2.06 bits per heavy atom. The second kappa shape index (κ2) is 6.09. The van der Waals surface area contributed by atoms with Gasteiger partial charge in [0.05, 0.1) is 7.11 Å². The van der Waals surface area contributed by atoms with E-state index >= 15 is 0 Å². The zero-order chi connectivity index (χ0) is 12.8. The zero-order valence-corrected chi connectivity index (χ0v) is 10.5. The smallest absolute Gasteiger partial charge is 0.303 e. The van der Waals surface area contributed by atoms with Crippen molar-refractivity contribution in [2.75, 3.05) is 7.11 Å². The third-order valence-electron chi connectivity index (χ3n) is 2.61. The number of allylic oxidation sites excluding steroid dienone is 1. The maximum absolute atomic E-state index is 10.4. The Hall–Kier alpha value is -1.77. The molecule has 0 amide bonds. The highest BCUT2D eigenvalue weighted by Crippen LogP contribution is 2.23. The number of carbonyl (C=O) groups is 1. The number of aliphatic carboxylic acids is 1. The van der Waals surface area contributed by atoms with Crippen molar-refractivity contribution >= 4 is 12.0 Å². The van der Waals surface area contributed by atoms with Crippen LogP contribution in [0.5, 0.6) is 5.75 Å². The van der Waals surface area contributed by atoms with Crippen molar-refractivity contribution in [2.24, 2.45) is 0 Å². The third kappa shape index (κ3) is 3.94. The molecule has 1 N–H and O–H groups in total. The topological polar surface area (TPSA) is 46.5 Å². The van der Waals surface area contributed by atoms with E-state index in [2.05, 4.69) is 0 Å². The van der Waals surface area contributed by atoms with E-state index in [0.29, 0.717) is 6.42 Å². The van der Waals surface area contributed by atoms with Crippen LogP contribution in [0.15, 0.2) is 18.2 Å². The number of ether oxygens (including phenoxy) is 1. The Morgan fingerprint density at radius 1 is 1.35 bits per heavy atom. The molecule has 0 unspecified atom stereocenters. The van der Waals surface area contributed by atoms with Gasteiger partial charge in [0.2, 0.25) is 0 Å². The molecule has 0 atom stereocenters. The molecule has 0 aromatic heterocycles. The first kappa shape index (κ1) is 13.3. The summed E-state index contributed by atoms with van der Waals surface area (Å²) in [6.07, 6.45) is 4.58. The number of carboxylic acid groups (broad SMARTS) is 1. The van der Waals surface area contributed by atoms with Gasteiger partial charge in [0.15, 0.2) is 0 Å². The van der Waals surface area contributed by atoms with Gasteiger partial charge in [0.25, 0.3) is 0 Å². The summed E-state index contributed by atoms with van der Waals surface area (Å²) in [6.45, 7) is 4.01. The second-order valence-corrected chi connectivity index (χ2v) is 4.01. The van der Waals surface area contributed by atoms with E-state index < -0.39 is 5.97 Å². The fourth-order valence-corrected chi connectivity index (χ4v) is 1.63. The van der Waals surface area contributed by atoms with Gasteiger partial charge in [0.1, 0.15) is 5.75 Å². The van der Waals surface area contributed by atoms with Gasteiger partial charge in [-0.1, -0.05) is 12.2 Å². The van der Waals surface area contributed by atoms with Gasteiger partial charge in [-0.05, 0) is 49.1 Å². The second-order valence-electron chi connectivity index (χ2n) is 4.01. The molecule has 0 spiro atoms. The normalized spacial score (nSPS) is 10.8. The standard InChI is InChI=1S/C14H18O3/c1-10-9-13(17-3)11(2)8-12(10)6-4-5-7-14(15)16/h4,6,8-9H,5,7H2,1-3H3,(H,15,16). The van der Waals surface area contributed by atoms with Gasteiger partial charge in [-0.2, -0.15) is 0 Å². The van der Waals surface area contributed by atoms with E-state index in [1.165, 1.54) is 0 Å². The molecule has 0 saturated heterocycles. The van der Waals surface area contributed by atoms with Crippen molar-refractivity contribution in [3.63, 3.8) is 0 Å². The molecule has 0 bridgehead atoms. The lowest BCUT2D eigenvalue weighted by molar-refractivity contribution is -0.136. The summed E-state index contributed by atoms with van der Waals surface area (Å²) < 4.78 is 5.24. The van der Waals surface area contributed by atoms with Crippen LogP contribution in [0.1, 0.15) is 29.5 Å². The zero-order valence-electron chi connectivity index (χ0n) is 10.5. The van der Waals surface area contributed by atoms with Crippen molar-refractivity contribution in [1.29, 1.82) is 0 Å². The summed E-state index contributed by atoms with van der Waals surface area (Å²) in [5, 5.41) is 8.53. The minimum absolute atomic E-state index is 0.171. The third-order valence-corrected chi connectivity index (χ3v) is 2.61. The van der Waals surface area contributed by atoms with Crippen LogP contribution in [0, 0.1) is 13.8 Å². The van der Waals surface area contributed by atoms with E-state index in [0.717, 1.165) is 22.4 Å². The maximum Gasteiger partial charge on any atom is 0.303 e. The van der Waals surface area contributed by atoms with Crippen molar-refractivity contribution in [3.05, 3.63) is 34.9 Å². The summed E-state index contributed by atoms with van der Waals surface area (Å²) in [4.78, 5) is 10.4. The number of aryl methyl sites for hydroxylation is 2. The lowest BCUT2D eigenvalue weighted by atomic mass is 10.0. The predicted molar refractivity (Wildman–Crippen MR) is 68.4 cm³/mol. The molecular weight excluding hydrogens is 216 g/mol. The summed E-state index contributed by atoms with van der Waals surface area (Å²) in [7, 11) is 1.66. The highest BCUT2D eigenvalue weighted by Gasteiger charge is 2.02. The number of hydrogen-bond donors (Lipinski definition) is 1. The highest BCUT2D eigenvalue weighted by atomic mass is 16.5. The molecule has 17 heavy (non-hydrogen) atoms. The molecule has 92 valence electrons. The first-order valence-electron chi connectivity index (χ1n) is 5.58. The van der Waals surface area contributed by atoms with E-state index in [1.54, 1.807) is 7.11 Å². The van der Waals surface area contributed by atoms with Gasteiger partial charge >= 0.3 is 5.97 Å². The van der Waals surface area contributed by atoms with E-state index in [9.17, 15) is 4.79 Å². The van der Waals surface area contributed by atoms with Crippen LogP contribution in [0.25, 0.3) is 6.08 Å². The molecule has 1 aromatic rings. The van der Waals surface area contributed by atoms with Crippen molar-refractivity contribution in [2.45, 2.75) is 26.7 Å². The van der Waals surface area contributed by atoms with Crippen LogP contribution in [0.2, 0.25) is 0 Å². The SMILES string of the molecule is COc1cc(C)c(C=CCCC(=O)O)cc1C. The summed E-state index contributed by atoms with van der Waals surface area (Å²) >= 11 is 0. The summed E-state index contributed by atoms with van der Waals surface area (Å²) in [5.41, 5.74) is 3.31. The monoisotopic (exact) mass is 234 g/mol. The van der Waals surface area contributed by atoms with E-state index in [4.69, 9.17) is 9.84 Å². The Balaban J connectivity index is 2.78. The fourth-order valence-electron chi connectivity index (χ4n) is 1.63. The first-order chi connectivity index (χ1) is 8.04. The van der Waals surface area contributed by atoms with Crippen molar-refractivity contribution in [1.82, 2.24) is 0 Å². The molecule has 1 aromatic carbocycles. The fraction of sp³-hybridized carbons (Fsp3) is 0.357. The van der Waals surface area contributed by atoms with Crippen LogP contribution < -0.4 is 4.74 Å². The number of rotatable bonds is 5. The Labute approximate surface area is 102 Å². The van der Waals surface area contributed by atoms with Gasteiger partial charge in [-0.25, -0.2) is 0 Å². The van der Waals surface area contributed by atoms with Crippen LogP contribution in [-0.2, 0) is 4.79 Å². The Morgan fingerprint density at radius 3 is 2.65 bits per heavy atom. The van der Waals surface area contributed by atoms with Gasteiger partial charge in [-0.15, -0.1) is 0 Å². The van der Waals surface area contributed by atoms with E-state index in [-0.39, 0.29) is 6.42 Å². The molecule has 0 heterocycles. The van der Waals surface area contributed by atoms with Gasteiger partial charge in [0, 0.05) is 6.42 Å². The molecule has 0 aliphatic carbocycles. The number of benzene rings is 1. The molecular formula is C14H18O3. The predicted octanol–water partition coefficient (Wildman–Crippen LogP) is 3.19. The molecule has 0 aliphatic heterocycles. The number of methoxy groups -OCH3 is 1. The minimum Gasteiger partial charge on any atom is -0.496 e. The minimum atomic E-state index is -0.766. The van der Waals surface area contributed by atoms with Crippen molar-refractivity contribution in [3.8, 4) is 5.75 Å². The molecule has 3 nitrogen and oxygen atoms in total. The van der Waals surface area contributed by atoms with Crippen LogP contribution in [-0.4, -0.2) is 18.2 Å². The number of carboxylic acids is 1. The number of hydrogen-bond acceptors (Lipinski definition) is 2. The summed E-state index contributed by atoms with van der Waals surface area (Å²) in [6, 6.07) is 4.04. The maximum atomic E-state index is 10.4. The first-order valence-corrected chi connectivity index (χ1v) is 5.58.